The summed E-state index contributed by atoms with van der Waals surface area (Å²) in [7, 11) is 0. The van der Waals surface area contributed by atoms with Crippen LogP contribution in [-0.4, -0.2) is 15.1 Å². The van der Waals surface area contributed by atoms with Crippen molar-refractivity contribution in [2.24, 2.45) is 0 Å². The second-order valence-electron chi connectivity index (χ2n) is 2.90. The summed E-state index contributed by atoms with van der Waals surface area (Å²) in [4.78, 5) is 6.82. The van der Waals surface area contributed by atoms with Crippen molar-refractivity contribution in [3.63, 3.8) is 0 Å². The van der Waals surface area contributed by atoms with E-state index in [2.05, 4.69) is 9.97 Å². The van der Waals surface area contributed by atoms with Crippen molar-refractivity contribution < 1.29 is 5.11 Å². The Morgan fingerprint density at radius 3 is 2.53 bits per heavy atom. The highest BCUT2D eigenvalue weighted by molar-refractivity contribution is 6.66. The van der Waals surface area contributed by atoms with Crippen molar-refractivity contribution in [3.05, 3.63) is 23.0 Å². The van der Waals surface area contributed by atoms with E-state index in [1.165, 1.54) is 12.1 Å². The van der Waals surface area contributed by atoms with Crippen molar-refractivity contribution in [3.8, 4) is 5.75 Å². The Balaban J connectivity index is 2.66. The molecule has 0 bridgehead atoms. The van der Waals surface area contributed by atoms with Crippen LogP contribution >= 0.6 is 46.4 Å². The van der Waals surface area contributed by atoms with Crippen LogP contribution in [0.25, 0.3) is 11.0 Å². The highest BCUT2D eigenvalue weighted by atomic mass is 35.6. The van der Waals surface area contributed by atoms with E-state index in [4.69, 9.17) is 46.4 Å². The first-order valence-corrected chi connectivity index (χ1v) is 5.34. The number of hydrogen-bond acceptors (Lipinski definition) is 2. The molecule has 80 valence electrons. The molecule has 0 saturated carbocycles. The quantitative estimate of drug-likeness (QED) is 0.724. The standard InChI is InChI=1S/C8H4Cl4N2O/c9-3-1-4-5(2-6(3)15)14-7(13-4)8(10,11)12/h1-2,15H,(H,13,14). The number of phenolic OH excluding ortho intramolecular Hbond substituents is 1. The lowest BCUT2D eigenvalue weighted by Gasteiger charge is -2.04. The second kappa shape index (κ2) is 3.59. The number of imidazole rings is 1. The summed E-state index contributed by atoms with van der Waals surface area (Å²) in [5.74, 6) is 0.121. The Hall–Kier alpha value is -0.350. The monoisotopic (exact) mass is 284 g/mol. The number of fused-ring (bicyclic) bond motifs is 1. The topological polar surface area (TPSA) is 48.9 Å². The third kappa shape index (κ3) is 2.11. The largest absolute Gasteiger partial charge is 0.506 e. The number of phenols is 1. The molecule has 1 aromatic carbocycles. The maximum Gasteiger partial charge on any atom is 0.248 e. The van der Waals surface area contributed by atoms with Crippen molar-refractivity contribution in [1.82, 2.24) is 9.97 Å². The first-order chi connectivity index (χ1) is 6.88. The van der Waals surface area contributed by atoms with Gasteiger partial charge in [0.25, 0.3) is 0 Å². The van der Waals surface area contributed by atoms with Gasteiger partial charge in [-0.2, -0.15) is 0 Å². The summed E-state index contributed by atoms with van der Waals surface area (Å²) in [5, 5.41) is 9.55. The predicted octanol–water partition coefficient (Wildman–Crippen LogP) is 3.75. The lowest BCUT2D eigenvalue weighted by atomic mass is 10.3. The average Bonchev–Trinajstić information content (AvgIpc) is 2.47. The molecular weight excluding hydrogens is 282 g/mol. The van der Waals surface area contributed by atoms with E-state index in [1.54, 1.807) is 0 Å². The zero-order valence-corrected chi connectivity index (χ0v) is 10.1. The molecule has 0 aliphatic rings. The van der Waals surface area contributed by atoms with Gasteiger partial charge in [0.2, 0.25) is 3.79 Å². The first-order valence-electron chi connectivity index (χ1n) is 3.83. The van der Waals surface area contributed by atoms with E-state index >= 15 is 0 Å². The number of aromatic hydroxyl groups is 1. The van der Waals surface area contributed by atoms with E-state index in [0.29, 0.717) is 11.0 Å². The van der Waals surface area contributed by atoms with Crippen molar-refractivity contribution in [2.45, 2.75) is 3.79 Å². The molecule has 0 aliphatic carbocycles. The van der Waals surface area contributed by atoms with Gasteiger partial charge in [0.15, 0.2) is 5.82 Å². The summed E-state index contributed by atoms with van der Waals surface area (Å²) in [5.41, 5.74) is 1.08. The summed E-state index contributed by atoms with van der Waals surface area (Å²) in [6.45, 7) is 0. The first kappa shape index (κ1) is 11.1. The number of H-pyrrole nitrogens is 1. The molecule has 2 N–H and O–H groups in total. The molecule has 7 heteroatoms. The van der Waals surface area contributed by atoms with Crippen LogP contribution in [0.5, 0.6) is 5.75 Å². The number of aromatic amines is 1. The van der Waals surface area contributed by atoms with Crippen LogP contribution < -0.4 is 0 Å². The van der Waals surface area contributed by atoms with Crippen LogP contribution in [0.1, 0.15) is 5.82 Å². The molecule has 3 nitrogen and oxygen atoms in total. The molecule has 0 unspecified atom stereocenters. The fraction of sp³-hybridized carbons (Fsp3) is 0.125. The Morgan fingerprint density at radius 2 is 1.93 bits per heavy atom. The summed E-state index contributed by atoms with van der Waals surface area (Å²) in [6, 6.07) is 2.91. The summed E-state index contributed by atoms with van der Waals surface area (Å²) >= 11 is 22.7. The van der Waals surface area contributed by atoms with Crippen molar-refractivity contribution >= 4 is 57.4 Å². The molecule has 0 aliphatic heterocycles. The number of alkyl halides is 3. The number of benzene rings is 1. The maximum absolute atomic E-state index is 9.34. The van der Waals surface area contributed by atoms with Crippen molar-refractivity contribution in [1.29, 1.82) is 0 Å². The SMILES string of the molecule is Oc1cc2nc(C(Cl)(Cl)Cl)[nH]c2cc1Cl. The third-order valence-electron chi connectivity index (χ3n) is 1.82. The van der Waals surface area contributed by atoms with Gasteiger partial charge in [-0.3, -0.25) is 0 Å². The molecular formula is C8H4Cl4N2O. The Morgan fingerprint density at radius 1 is 1.27 bits per heavy atom. The van der Waals surface area contributed by atoms with Gasteiger partial charge in [-0.1, -0.05) is 46.4 Å². The summed E-state index contributed by atoms with van der Waals surface area (Å²) in [6.07, 6.45) is 0. The molecule has 0 saturated heterocycles. The van der Waals surface area contributed by atoms with Gasteiger partial charge < -0.3 is 10.1 Å². The molecule has 0 amide bonds. The van der Waals surface area contributed by atoms with Crippen LogP contribution in [0.2, 0.25) is 5.02 Å². The molecule has 0 atom stereocenters. The molecule has 15 heavy (non-hydrogen) atoms. The Kier molecular flexibility index (Phi) is 2.67. The molecule has 1 heterocycles. The Bertz CT molecular complexity index is 478. The smallest absolute Gasteiger partial charge is 0.248 e. The van der Waals surface area contributed by atoms with Crippen LogP contribution in [0.3, 0.4) is 0 Å². The fourth-order valence-corrected chi connectivity index (χ4v) is 1.59. The van der Waals surface area contributed by atoms with Crippen LogP contribution in [0, 0.1) is 0 Å². The van der Waals surface area contributed by atoms with E-state index in [-0.39, 0.29) is 16.6 Å². The van der Waals surface area contributed by atoms with Gasteiger partial charge in [-0.15, -0.1) is 0 Å². The van der Waals surface area contributed by atoms with Crippen molar-refractivity contribution in [2.75, 3.05) is 0 Å². The minimum atomic E-state index is -1.62. The molecule has 1 aromatic heterocycles. The highest BCUT2D eigenvalue weighted by Gasteiger charge is 2.27. The molecule has 0 radical (unpaired) electrons. The highest BCUT2D eigenvalue weighted by Crippen LogP contribution is 2.38. The molecule has 0 spiro atoms. The maximum atomic E-state index is 9.34. The minimum Gasteiger partial charge on any atom is -0.506 e. The number of halogens is 4. The minimum absolute atomic E-state index is 0.0634. The number of hydrogen-bond donors (Lipinski definition) is 2. The van der Waals surface area contributed by atoms with Gasteiger partial charge in [0.1, 0.15) is 5.75 Å². The molecule has 0 fully saturated rings. The second-order valence-corrected chi connectivity index (χ2v) is 5.59. The number of aromatic nitrogens is 2. The lowest BCUT2D eigenvalue weighted by Crippen LogP contribution is -2.01. The zero-order valence-electron chi connectivity index (χ0n) is 7.06. The van der Waals surface area contributed by atoms with Gasteiger partial charge >= 0.3 is 0 Å². The third-order valence-corrected chi connectivity index (χ3v) is 2.66. The van der Waals surface area contributed by atoms with E-state index in [9.17, 15) is 5.11 Å². The number of rotatable bonds is 0. The van der Waals surface area contributed by atoms with Crippen LogP contribution in [0.15, 0.2) is 12.1 Å². The average molecular weight is 286 g/mol. The van der Waals surface area contributed by atoms with Crippen LogP contribution in [0.4, 0.5) is 0 Å². The van der Waals surface area contributed by atoms with Gasteiger partial charge in [-0.05, 0) is 6.07 Å². The lowest BCUT2D eigenvalue weighted by molar-refractivity contribution is 0.476. The predicted molar refractivity (Wildman–Crippen MR) is 62.0 cm³/mol. The normalized spacial score (nSPS) is 12.3. The number of nitrogens with one attached hydrogen (secondary N) is 1. The fourth-order valence-electron chi connectivity index (χ4n) is 1.15. The Labute approximate surface area is 105 Å². The zero-order chi connectivity index (χ0) is 11.2. The van der Waals surface area contributed by atoms with E-state index in [0.717, 1.165) is 0 Å². The van der Waals surface area contributed by atoms with E-state index < -0.39 is 3.79 Å². The summed E-state index contributed by atoms with van der Waals surface area (Å²) < 4.78 is -1.62. The van der Waals surface area contributed by atoms with Gasteiger partial charge in [0.05, 0.1) is 16.1 Å². The number of nitrogens with zero attached hydrogens (tertiary/aromatic N) is 1. The van der Waals surface area contributed by atoms with Crippen LogP contribution in [-0.2, 0) is 3.79 Å². The van der Waals surface area contributed by atoms with E-state index in [1.807, 2.05) is 0 Å². The van der Waals surface area contributed by atoms with Gasteiger partial charge in [0, 0.05) is 6.07 Å². The molecule has 2 rings (SSSR count). The van der Waals surface area contributed by atoms with Gasteiger partial charge in [-0.25, -0.2) is 4.98 Å². The molecule has 2 aromatic rings.